The van der Waals surface area contributed by atoms with E-state index in [1.807, 2.05) is 10.6 Å². The molecule has 1 aliphatic rings. The third-order valence-electron chi connectivity index (χ3n) is 3.33. The van der Waals surface area contributed by atoms with Gasteiger partial charge in [-0.2, -0.15) is 0 Å². The average molecular weight is 277 g/mol. The van der Waals surface area contributed by atoms with E-state index >= 15 is 0 Å². The maximum atomic E-state index is 12.1. The van der Waals surface area contributed by atoms with E-state index in [-0.39, 0.29) is 12.1 Å². The molecule has 1 aromatic carbocycles. The largest absolute Gasteiger partial charge is 0.328 e. The summed E-state index contributed by atoms with van der Waals surface area (Å²) in [5.41, 5.74) is -1.40. The fraction of sp³-hybridized carbons (Fsp3) is 0.250. The molecule has 1 saturated heterocycles. The average Bonchev–Trinajstić information content (AvgIpc) is 2.39. The van der Waals surface area contributed by atoms with Crippen LogP contribution in [0.2, 0.25) is 0 Å². The lowest BCUT2D eigenvalue weighted by molar-refractivity contribution is -0.384. The zero-order valence-electron chi connectivity index (χ0n) is 10.5. The second kappa shape index (κ2) is 4.72. The Labute approximate surface area is 113 Å². The number of rotatable bonds is 3. The monoisotopic (exact) mass is 277 g/mol. The van der Waals surface area contributed by atoms with E-state index in [2.05, 4.69) is 0 Å². The minimum absolute atomic E-state index is 0.121. The van der Waals surface area contributed by atoms with Crippen LogP contribution in [0, 0.1) is 10.1 Å². The van der Waals surface area contributed by atoms with Crippen molar-refractivity contribution in [1.82, 2.24) is 10.6 Å². The molecule has 0 unspecified atom stereocenters. The van der Waals surface area contributed by atoms with Crippen LogP contribution in [-0.2, 0) is 15.0 Å². The molecule has 8 nitrogen and oxygen atoms in total. The molecule has 2 rings (SSSR count). The van der Waals surface area contributed by atoms with Gasteiger partial charge < -0.3 is 0 Å². The number of carbonyl (C=O) groups excluding carboxylic acids is 3. The molecule has 0 spiro atoms. The molecule has 104 valence electrons. The fourth-order valence-electron chi connectivity index (χ4n) is 2.21. The molecule has 8 heteroatoms. The molecule has 1 heterocycles. The van der Waals surface area contributed by atoms with E-state index in [9.17, 15) is 24.5 Å². The molecule has 4 amide bonds. The summed E-state index contributed by atoms with van der Waals surface area (Å²) in [6.45, 7) is 1.62. The molecule has 0 aromatic heterocycles. The Morgan fingerprint density at radius 1 is 1.10 bits per heavy atom. The van der Waals surface area contributed by atoms with Gasteiger partial charge in [0.1, 0.15) is 0 Å². The van der Waals surface area contributed by atoms with Crippen molar-refractivity contribution in [2.45, 2.75) is 18.8 Å². The quantitative estimate of drug-likeness (QED) is 0.476. The second-order valence-corrected chi connectivity index (χ2v) is 4.30. The topological polar surface area (TPSA) is 118 Å². The zero-order valence-corrected chi connectivity index (χ0v) is 10.5. The minimum atomic E-state index is -1.55. The van der Waals surface area contributed by atoms with Crippen LogP contribution in [0.3, 0.4) is 0 Å². The van der Waals surface area contributed by atoms with Gasteiger partial charge in [0, 0.05) is 12.1 Å². The van der Waals surface area contributed by atoms with E-state index in [0.29, 0.717) is 5.56 Å². The maximum absolute atomic E-state index is 12.1. The lowest BCUT2D eigenvalue weighted by atomic mass is 9.75. The number of imide groups is 2. The Kier molecular flexibility index (Phi) is 3.23. The van der Waals surface area contributed by atoms with E-state index in [0.717, 1.165) is 0 Å². The number of nitrogens with zero attached hydrogens (tertiary/aromatic N) is 1. The van der Waals surface area contributed by atoms with Crippen molar-refractivity contribution in [3.8, 4) is 0 Å². The Bertz CT molecular complexity index is 588. The van der Waals surface area contributed by atoms with Crippen molar-refractivity contribution in [2.24, 2.45) is 0 Å². The highest BCUT2D eigenvalue weighted by Gasteiger charge is 2.50. The van der Waals surface area contributed by atoms with Crippen LogP contribution < -0.4 is 10.6 Å². The van der Waals surface area contributed by atoms with Gasteiger partial charge in [-0.1, -0.05) is 19.1 Å². The van der Waals surface area contributed by atoms with Crippen LogP contribution in [-0.4, -0.2) is 22.8 Å². The lowest BCUT2D eigenvalue weighted by Crippen LogP contribution is -2.64. The van der Waals surface area contributed by atoms with Crippen LogP contribution in [0.1, 0.15) is 18.9 Å². The van der Waals surface area contributed by atoms with Gasteiger partial charge in [0.05, 0.1) is 4.92 Å². The number of urea groups is 1. The lowest BCUT2D eigenvalue weighted by Gasteiger charge is -2.33. The first kappa shape index (κ1) is 13.7. The highest BCUT2D eigenvalue weighted by molar-refractivity contribution is 6.22. The molecule has 0 atom stereocenters. The summed E-state index contributed by atoms with van der Waals surface area (Å²) in [6, 6.07) is 4.24. The molecule has 1 aromatic rings. The summed E-state index contributed by atoms with van der Waals surface area (Å²) in [4.78, 5) is 45.3. The molecule has 0 saturated carbocycles. The molecular formula is C12H11N3O5. The van der Waals surface area contributed by atoms with Crippen molar-refractivity contribution in [3.63, 3.8) is 0 Å². The second-order valence-electron chi connectivity index (χ2n) is 4.30. The Balaban J connectivity index is 2.50. The first-order valence-corrected chi connectivity index (χ1v) is 5.83. The molecule has 20 heavy (non-hydrogen) atoms. The number of nitrogens with one attached hydrogen (secondary N) is 2. The number of nitro groups is 1. The molecule has 1 aliphatic heterocycles. The van der Waals surface area contributed by atoms with E-state index in [1.54, 1.807) is 6.92 Å². The molecule has 1 fully saturated rings. The van der Waals surface area contributed by atoms with Crippen LogP contribution >= 0.6 is 0 Å². The Morgan fingerprint density at radius 2 is 1.60 bits per heavy atom. The summed E-state index contributed by atoms with van der Waals surface area (Å²) in [5, 5.41) is 14.7. The maximum Gasteiger partial charge on any atom is 0.328 e. The number of amides is 4. The SMILES string of the molecule is CCC1(c2ccc([N+](=O)[O-])cc2)C(=O)NC(=O)NC1=O. The smallest absolute Gasteiger partial charge is 0.277 e. The van der Waals surface area contributed by atoms with Gasteiger partial charge in [0.2, 0.25) is 11.8 Å². The van der Waals surface area contributed by atoms with Crippen molar-refractivity contribution in [3.05, 3.63) is 39.9 Å². The van der Waals surface area contributed by atoms with Gasteiger partial charge in [-0.3, -0.25) is 30.3 Å². The van der Waals surface area contributed by atoms with Gasteiger partial charge in [-0.05, 0) is 12.0 Å². The summed E-state index contributed by atoms with van der Waals surface area (Å²) in [7, 11) is 0. The molecular weight excluding hydrogens is 266 g/mol. The number of hydrogen-bond acceptors (Lipinski definition) is 5. The predicted octanol–water partition coefficient (Wildman–Crippen LogP) is 0.609. The summed E-state index contributed by atoms with van der Waals surface area (Å²) in [5.74, 6) is -1.47. The molecule has 0 radical (unpaired) electrons. The fourth-order valence-corrected chi connectivity index (χ4v) is 2.21. The van der Waals surface area contributed by atoms with Crippen molar-refractivity contribution in [2.75, 3.05) is 0 Å². The van der Waals surface area contributed by atoms with Crippen molar-refractivity contribution >= 4 is 23.5 Å². The third-order valence-corrected chi connectivity index (χ3v) is 3.33. The molecule has 0 aliphatic carbocycles. The Morgan fingerprint density at radius 3 is 2.00 bits per heavy atom. The third kappa shape index (κ3) is 1.91. The normalized spacial score (nSPS) is 17.4. The van der Waals surface area contributed by atoms with E-state index < -0.39 is 28.2 Å². The number of hydrogen-bond donors (Lipinski definition) is 2. The molecule has 0 bridgehead atoms. The van der Waals surface area contributed by atoms with Crippen molar-refractivity contribution < 1.29 is 19.3 Å². The first-order chi connectivity index (χ1) is 9.41. The summed E-state index contributed by atoms with van der Waals surface area (Å²) in [6.07, 6.45) is 0.121. The number of non-ortho nitro benzene ring substituents is 1. The number of carbonyl (C=O) groups is 3. The Hall–Kier alpha value is -2.77. The van der Waals surface area contributed by atoms with Crippen LogP contribution in [0.5, 0.6) is 0 Å². The summed E-state index contributed by atoms with van der Waals surface area (Å²) < 4.78 is 0. The molecule has 2 N–H and O–H groups in total. The highest BCUT2D eigenvalue weighted by Crippen LogP contribution is 2.31. The van der Waals surface area contributed by atoms with Gasteiger partial charge in [0.25, 0.3) is 5.69 Å². The predicted molar refractivity (Wildman–Crippen MR) is 66.7 cm³/mol. The van der Waals surface area contributed by atoms with Crippen molar-refractivity contribution in [1.29, 1.82) is 0 Å². The summed E-state index contributed by atoms with van der Waals surface area (Å²) >= 11 is 0. The van der Waals surface area contributed by atoms with E-state index in [1.165, 1.54) is 24.3 Å². The number of benzene rings is 1. The highest BCUT2D eigenvalue weighted by atomic mass is 16.6. The first-order valence-electron chi connectivity index (χ1n) is 5.83. The minimum Gasteiger partial charge on any atom is -0.277 e. The van der Waals surface area contributed by atoms with Crippen LogP contribution in [0.4, 0.5) is 10.5 Å². The van der Waals surface area contributed by atoms with Gasteiger partial charge >= 0.3 is 6.03 Å². The number of barbiturate groups is 1. The van der Waals surface area contributed by atoms with Gasteiger partial charge in [-0.25, -0.2) is 4.79 Å². The standard InChI is InChI=1S/C12H11N3O5/c1-2-12(9(16)13-11(18)14-10(12)17)7-3-5-8(6-4-7)15(19)20/h3-6H,2H2,1H3,(H2,13,14,16,17,18). The number of nitro benzene ring substituents is 1. The zero-order chi connectivity index (χ0) is 14.9. The van der Waals surface area contributed by atoms with Crippen LogP contribution in [0.25, 0.3) is 0 Å². The van der Waals surface area contributed by atoms with Gasteiger partial charge in [0.15, 0.2) is 5.41 Å². The van der Waals surface area contributed by atoms with E-state index in [4.69, 9.17) is 0 Å². The van der Waals surface area contributed by atoms with Gasteiger partial charge in [-0.15, -0.1) is 0 Å². The van der Waals surface area contributed by atoms with Crippen LogP contribution in [0.15, 0.2) is 24.3 Å².